The molecule has 1 atom stereocenters. The molecule has 1 aliphatic carbocycles. The van der Waals surface area contributed by atoms with E-state index in [1.54, 1.807) is 11.5 Å². The molecule has 19 heteroatoms. The molecule has 2 aliphatic heterocycles. The molecule has 2 saturated heterocycles. The van der Waals surface area contributed by atoms with E-state index in [-0.39, 0.29) is 90.0 Å². The maximum Gasteiger partial charge on any atom is 0.416 e. The number of carbonyl (C=O) groups excluding carboxylic acids is 2. The summed E-state index contributed by atoms with van der Waals surface area (Å²) in [7, 11) is 0. The molecule has 3 aromatic heterocycles. The molecular weight excluding hydrogens is 733 g/mol. The van der Waals surface area contributed by atoms with E-state index in [2.05, 4.69) is 20.4 Å². The van der Waals surface area contributed by atoms with Gasteiger partial charge in [0.1, 0.15) is 18.6 Å². The van der Waals surface area contributed by atoms with Gasteiger partial charge in [-0.2, -0.15) is 22.7 Å². The summed E-state index contributed by atoms with van der Waals surface area (Å²) >= 11 is 6.15. The fourth-order valence-corrected chi connectivity index (χ4v) is 8.17. The normalized spacial score (nSPS) is 18.9. The number of piperazine rings is 1. The topological polar surface area (TPSA) is 174 Å². The number of rotatable bonds is 7. The second-order valence-electron chi connectivity index (χ2n) is 14.1. The number of hydrogen-bond acceptors (Lipinski definition) is 11. The van der Waals surface area contributed by atoms with E-state index in [0.717, 1.165) is 54.8 Å². The number of fused-ring (bicyclic) bond motifs is 1. The third-order valence-electron chi connectivity index (χ3n) is 11.0. The first-order valence-electron chi connectivity index (χ1n) is 17.9. The van der Waals surface area contributed by atoms with Crippen LogP contribution >= 0.6 is 11.6 Å². The first-order valence-corrected chi connectivity index (χ1v) is 18.3. The molecule has 5 heterocycles. The van der Waals surface area contributed by atoms with Crippen LogP contribution in [0.3, 0.4) is 0 Å². The molecule has 4 aromatic rings. The molecule has 1 aromatic carbocycles. The molecule has 1 unspecified atom stereocenters. The SMILES string of the molecule is CCc1c(N2CCN(C(=O)c3ncnc(C)c3O)CC2)c(=O)n2nc(N3CCC4(CCCC4O)CC3)nc2n1CC(=O)Nc1ccc(C(F)(F)F)cc1Cl. The lowest BCUT2D eigenvalue weighted by molar-refractivity contribution is -0.137. The Morgan fingerprint density at radius 1 is 1.06 bits per heavy atom. The second-order valence-corrected chi connectivity index (χ2v) is 14.5. The van der Waals surface area contributed by atoms with Crippen LogP contribution in [0.1, 0.15) is 66.5 Å². The van der Waals surface area contributed by atoms with E-state index in [1.807, 2.05) is 16.7 Å². The molecule has 0 bridgehead atoms. The summed E-state index contributed by atoms with van der Waals surface area (Å²) in [6.07, 6.45) is 0.698. The highest BCUT2D eigenvalue weighted by molar-refractivity contribution is 6.33. The number of alkyl halides is 3. The van der Waals surface area contributed by atoms with Crippen LogP contribution in [-0.2, 0) is 23.9 Å². The molecule has 7 rings (SSSR count). The lowest BCUT2D eigenvalue weighted by atomic mass is 9.75. The smallest absolute Gasteiger partial charge is 0.416 e. The Hall–Kier alpha value is -4.97. The number of amides is 2. The summed E-state index contributed by atoms with van der Waals surface area (Å²) in [5.74, 6) is -1.00. The zero-order valence-electron chi connectivity index (χ0n) is 29.7. The van der Waals surface area contributed by atoms with E-state index in [4.69, 9.17) is 16.6 Å². The standard InChI is InChI=1S/C35H40ClF3N10O5/c1-3-24-28(45-13-15-46(16-14-45)30(53)27-29(52)20(2)40-19-41-27)31(54)49-33(43-32(44-49)47-11-9-34(10-12-47)8-4-5-25(34)50)48(24)18-26(51)42-23-7-6-21(17-22(23)36)35(37,38)39/h6-7,17,19,25,50,52H,3-5,8-16,18H2,1-2H3,(H,42,51). The second kappa shape index (κ2) is 14.4. The Balaban J connectivity index is 1.21. The largest absolute Gasteiger partial charge is 0.504 e. The van der Waals surface area contributed by atoms with Crippen LogP contribution in [0.5, 0.6) is 5.75 Å². The van der Waals surface area contributed by atoms with Crippen molar-refractivity contribution in [3.05, 3.63) is 62.5 Å². The van der Waals surface area contributed by atoms with Gasteiger partial charge >= 0.3 is 6.18 Å². The number of nitrogens with zero attached hydrogens (tertiary/aromatic N) is 9. The number of carbonyl (C=O) groups is 2. The zero-order chi connectivity index (χ0) is 38.5. The van der Waals surface area contributed by atoms with Gasteiger partial charge in [-0.25, -0.2) is 9.97 Å². The number of piperidine rings is 1. The van der Waals surface area contributed by atoms with Crippen LogP contribution in [0.25, 0.3) is 5.78 Å². The molecule has 15 nitrogen and oxygen atoms in total. The van der Waals surface area contributed by atoms with Crippen LogP contribution in [0.4, 0.5) is 30.5 Å². The van der Waals surface area contributed by atoms with Gasteiger partial charge in [0.25, 0.3) is 11.5 Å². The van der Waals surface area contributed by atoms with Gasteiger partial charge in [-0.3, -0.25) is 14.4 Å². The Morgan fingerprint density at radius 2 is 1.78 bits per heavy atom. The van der Waals surface area contributed by atoms with E-state index >= 15 is 0 Å². The number of anilines is 3. The molecular formula is C35H40ClF3N10O5. The average molecular weight is 773 g/mol. The third kappa shape index (κ3) is 6.80. The van der Waals surface area contributed by atoms with Gasteiger partial charge in [0, 0.05) is 39.3 Å². The number of halogens is 4. The summed E-state index contributed by atoms with van der Waals surface area (Å²) in [6, 6.07) is 2.64. The predicted molar refractivity (Wildman–Crippen MR) is 192 cm³/mol. The van der Waals surface area contributed by atoms with Crippen molar-refractivity contribution >= 4 is 46.5 Å². The molecule has 3 fully saturated rings. The quantitative estimate of drug-likeness (QED) is 0.250. The summed E-state index contributed by atoms with van der Waals surface area (Å²) < 4.78 is 42.5. The summed E-state index contributed by atoms with van der Waals surface area (Å²) in [5, 5.41) is 28.1. The van der Waals surface area contributed by atoms with Crippen LogP contribution in [0, 0.1) is 12.3 Å². The molecule has 0 radical (unpaired) electrons. The van der Waals surface area contributed by atoms with Gasteiger partial charge in [0.2, 0.25) is 17.6 Å². The van der Waals surface area contributed by atoms with Crippen molar-refractivity contribution in [1.29, 1.82) is 0 Å². The van der Waals surface area contributed by atoms with Crippen molar-refractivity contribution in [3.63, 3.8) is 0 Å². The lowest BCUT2D eigenvalue weighted by Gasteiger charge is -2.41. The average Bonchev–Trinajstić information content (AvgIpc) is 3.75. The fraction of sp³-hybridized carbons (Fsp3) is 0.514. The van der Waals surface area contributed by atoms with E-state index < -0.39 is 29.1 Å². The minimum Gasteiger partial charge on any atom is -0.504 e. The fourth-order valence-electron chi connectivity index (χ4n) is 7.94. The van der Waals surface area contributed by atoms with Crippen molar-refractivity contribution in [2.75, 3.05) is 54.4 Å². The summed E-state index contributed by atoms with van der Waals surface area (Å²) in [6.45, 7) is 5.00. The van der Waals surface area contributed by atoms with Crippen LogP contribution in [-0.4, -0.2) is 101 Å². The molecule has 54 heavy (non-hydrogen) atoms. The number of hydrogen-bond donors (Lipinski definition) is 3. The maximum absolute atomic E-state index is 14.4. The van der Waals surface area contributed by atoms with Crippen LogP contribution in [0.15, 0.2) is 29.3 Å². The molecule has 3 aliphatic rings. The van der Waals surface area contributed by atoms with Gasteiger partial charge in [-0.05, 0) is 62.6 Å². The highest BCUT2D eigenvalue weighted by atomic mass is 35.5. The van der Waals surface area contributed by atoms with Gasteiger partial charge in [0.15, 0.2) is 11.4 Å². The molecule has 288 valence electrons. The van der Waals surface area contributed by atoms with E-state index in [0.29, 0.717) is 24.7 Å². The van der Waals surface area contributed by atoms with Gasteiger partial charge in [-0.1, -0.05) is 24.9 Å². The van der Waals surface area contributed by atoms with Crippen LogP contribution in [0.2, 0.25) is 5.02 Å². The number of nitrogens with one attached hydrogen (secondary N) is 1. The van der Waals surface area contributed by atoms with Gasteiger partial charge < -0.3 is 34.8 Å². The Bertz CT molecular complexity index is 2160. The minimum atomic E-state index is -4.62. The van der Waals surface area contributed by atoms with Gasteiger partial charge in [-0.15, -0.1) is 5.10 Å². The van der Waals surface area contributed by atoms with Gasteiger partial charge in [0.05, 0.1) is 33.8 Å². The Morgan fingerprint density at radius 3 is 2.41 bits per heavy atom. The number of aryl methyl sites for hydroxylation is 1. The monoisotopic (exact) mass is 772 g/mol. The minimum absolute atomic E-state index is 0.0192. The predicted octanol–water partition coefficient (Wildman–Crippen LogP) is 3.66. The van der Waals surface area contributed by atoms with Crippen LogP contribution < -0.4 is 20.7 Å². The number of aromatic nitrogens is 6. The Kier molecular flexibility index (Phi) is 9.93. The number of aliphatic hydroxyl groups is 1. The summed E-state index contributed by atoms with van der Waals surface area (Å²) in [5.41, 5.74) is -0.704. The molecule has 3 N–H and O–H groups in total. The summed E-state index contributed by atoms with van der Waals surface area (Å²) in [4.78, 5) is 59.2. The number of aliphatic hydroxyl groups excluding tert-OH is 1. The van der Waals surface area contributed by atoms with Crippen molar-refractivity contribution in [3.8, 4) is 5.75 Å². The highest BCUT2D eigenvalue weighted by Crippen LogP contribution is 2.46. The lowest BCUT2D eigenvalue weighted by Crippen LogP contribution is -2.51. The first-order chi connectivity index (χ1) is 25.7. The third-order valence-corrected chi connectivity index (χ3v) is 11.3. The molecule has 1 saturated carbocycles. The van der Waals surface area contributed by atoms with Crippen molar-refractivity contribution in [2.24, 2.45) is 5.41 Å². The van der Waals surface area contributed by atoms with Crippen molar-refractivity contribution in [2.45, 2.75) is 71.2 Å². The first kappa shape index (κ1) is 37.3. The van der Waals surface area contributed by atoms with Crippen molar-refractivity contribution in [1.82, 2.24) is 34.0 Å². The van der Waals surface area contributed by atoms with E-state index in [1.165, 1.54) is 11.2 Å². The highest BCUT2D eigenvalue weighted by Gasteiger charge is 2.44. The maximum atomic E-state index is 14.4. The molecule has 2 amide bonds. The van der Waals surface area contributed by atoms with E-state index in [9.17, 15) is 37.8 Å². The Labute approximate surface area is 312 Å². The number of benzene rings is 1. The number of aromatic hydroxyl groups is 1. The van der Waals surface area contributed by atoms with Crippen molar-refractivity contribution < 1.29 is 33.0 Å². The molecule has 1 spiro atoms. The zero-order valence-corrected chi connectivity index (χ0v) is 30.5.